The van der Waals surface area contributed by atoms with Gasteiger partial charge in [0.05, 0.1) is 24.2 Å². The van der Waals surface area contributed by atoms with Crippen molar-refractivity contribution in [3.8, 4) is 16.9 Å². The Morgan fingerprint density at radius 3 is 2.40 bits per heavy atom. The molecule has 2 aromatic carbocycles. The lowest BCUT2D eigenvalue weighted by atomic mass is 9.81. The zero-order chi connectivity index (χ0) is 25.6. The third-order valence-electron chi connectivity index (χ3n) is 6.72. The molecule has 0 radical (unpaired) electrons. The molecule has 2 aromatic rings. The fraction of sp³-hybridized carbons (Fsp3) is 0.292. The summed E-state index contributed by atoms with van der Waals surface area (Å²) in [5.74, 6) is -7.54. The predicted octanol–water partition coefficient (Wildman–Crippen LogP) is 3.73. The van der Waals surface area contributed by atoms with Gasteiger partial charge in [0.15, 0.2) is 0 Å². The van der Waals surface area contributed by atoms with Crippen LogP contribution in [-0.2, 0) is 4.79 Å². The molecule has 4 N–H and O–H groups in total. The Morgan fingerprint density at radius 2 is 1.80 bits per heavy atom. The first-order valence-corrected chi connectivity index (χ1v) is 10.6. The molecule has 0 saturated heterocycles. The maximum absolute atomic E-state index is 14.8. The first kappa shape index (κ1) is 24.2. The minimum atomic E-state index is -1.89. The van der Waals surface area contributed by atoms with Gasteiger partial charge >= 0.3 is 5.97 Å². The summed E-state index contributed by atoms with van der Waals surface area (Å²) in [6, 6.07) is 4.04. The number of ether oxygens (including phenoxy) is 1. The van der Waals surface area contributed by atoms with Crippen LogP contribution < -0.4 is 15.8 Å². The summed E-state index contributed by atoms with van der Waals surface area (Å²) in [4.78, 5) is 36.5. The van der Waals surface area contributed by atoms with Crippen molar-refractivity contribution in [1.29, 1.82) is 0 Å². The number of nitrogens with two attached hydrogens (primary N) is 1. The molecule has 2 amide bonds. The first-order chi connectivity index (χ1) is 16.5. The second-order valence-corrected chi connectivity index (χ2v) is 8.55. The average Bonchev–Trinajstić information content (AvgIpc) is 3.38. The average molecular weight is 492 g/mol. The molecule has 0 spiro atoms. The van der Waals surface area contributed by atoms with Crippen LogP contribution in [0.2, 0.25) is 0 Å². The van der Waals surface area contributed by atoms with E-state index in [4.69, 9.17) is 10.5 Å². The molecule has 2 aliphatic carbocycles. The van der Waals surface area contributed by atoms with Crippen molar-refractivity contribution in [2.45, 2.75) is 18.9 Å². The van der Waals surface area contributed by atoms with Crippen molar-refractivity contribution >= 4 is 17.8 Å². The second-order valence-electron chi connectivity index (χ2n) is 8.55. The van der Waals surface area contributed by atoms with E-state index in [0.717, 1.165) is 24.3 Å². The highest BCUT2D eigenvalue weighted by Crippen LogP contribution is 2.53. The van der Waals surface area contributed by atoms with Crippen LogP contribution in [0.3, 0.4) is 0 Å². The number of aliphatic carboxylic acids is 1. The van der Waals surface area contributed by atoms with E-state index in [1.807, 2.05) is 0 Å². The van der Waals surface area contributed by atoms with Crippen LogP contribution in [0.15, 0.2) is 42.0 Å². The van der Waals surface area contributed by atoms with Gasteiger partial charge in [0.2, 0.25) is 0 Å². The Morgan fingerprint density at radius 1 is 1.09 bits per heavy atom. The minimum Gasteiger partial charge on any atom is -0.496 e. The van der Waals surface area contributed by atoms with E-state index in [1.54, 1.807) is 0 Å². The van der Waals surface area contributed by atoms with Crippen molar-refractivity contribution in [2.24, 2.45) is 23.5 Å². The largest absolute Gasteiger partial charge is 0.496 e. The number of carbonyl (C=O) groups excluding carboxylic acids is 2. The Bertz CT molecular complexity index is 1270. The molecule has 4 rings (SSSR count). The lowest BCUT2D eigenvalue weighted by Gasteiger charge is -2.30. The van der Waals surface area contributed by atoms with E-state index in [-0.39, 0.29) is 40.9 Å². The number of amides is 2. The number of carboxylic acid groups (broad SMARTS) is 1. The molecule has 2 bridgehead atoms. The number of nitrogens with one attached hydrogen (secondary N) is 1. The summed E-state index contributed by atoms with van der Waals surface area (Å²) in [6.45, 7) is 0. The van der Waals surface area contributed by atoms with Gasteiger partial charge < -0.3 is 20.9 Å². The van der Waals surface area contributed by atoms with E-state index in [0.29, 0.717) is 0 Å². The quantitative estimate of drug-likeness (QED) is 0.531. The lowest BCUT2D eigenvalue weighted by Crippen LogP contribution is -2.47. The Balaban J connectivity index is 1.72. The molecule has 35 heavy (non-hydrogen) atoms. The number of fused-ring (bicyclic) bond motifs is 2. The van der Waals surface area contributed by atoms with Crippen molar-refractivity contribution < 1.29 is 41.8 Å². The van der Waals surface area contributed by atoms with E-state index >= 15 is 0 Å². The number of carbonyl (C=O) groups is 3. The summed E-state index contributed by atoms with van der Waals surface area (Å²) in [5.41, 5.74) is 4.16. The second kappa shape index (κ2) is 9.05. The van der Waals surface area contributed by atoms with Gasteiger partial charge in [-0.2, -0.15) is 8.78 Å². The molecule has 2 saturated carbocycles. The van der Waals surface area contributed by atoms with Gasteiger partial charge in [0, 0.05) is 29.2 Å². The standard InChI is InChI=1S/C24H20F4N2O5/c1-35-18-8-17(26)11(9-2-3-16(25)14(4-9)22(29)31)7-15(18)23(32)30-20-12-5-10(19(20)24(33)34)6-13(12)21(27)28/h2-4,7-8,10,12,19-20H,5-6H2,1H3,(H2,29,31)(H,30,32)(H,33,34)/t10-,12+,19-,20+/m0/s1. The number of methoxy groups -OCH3 is 1. The number of primary amides is 1. The normalized spacial score (nSPS) is 22.7. The molecule has 7 nitrogen and oxygen atoms in total. The zero-order valence-electron chi connectivity index (χ0n) is 18.3. The van der Waals surface area contributed by atoms with Crippen molar-refractivity contribution in [1.82, 2.24) is 5.32 Å². The highest BCUT2D eigenvalue weighted by Gasteiger charge is 2.55. The Kier molecular flexibility index (Phi) is 6.27. The lowest BCUT2D eigenvalue weighted by molar-refractivity contribution is -0.144. The van der Waals surface area contributed by atoms with Crippen LogP contribution in [0.5, 0.6) is 5.75 Å². The van der Waals surface area contributed by atoms with E-state index in [2.05, 4.69) is 5.32 Å². The Labute approximate surface area is 196 Å². The van der Waals surface area contributed by atoms with Gasteiger partial charge in [-0.25, -0.2) is 8.78 Å². The summed E-state index contributed by atoms with van der Waals surface area (Å²) in [6.07, 6.45) is -1.73. The van der Waals surface area contributed by atoms with Crippen molar-refractivity contribution in [3.63, 3.8) is 0 Å². The summed E-state index contributed by atoms with van der Waals surface area (Å²) in [5, 5.41) is 12.2. The summed E-state index contributed by atoms with van der Waals surface area (Å²) in [7, 11) is 1.19. The minimum absolute atomic E-state index is 0.0439. The first-order valence-electron chi connectivity index (χ1n) is 10.6. The maximum Gasteiger partial charge on any atom is 0.308 e. The van der Waals surface area contributed by atoms with Crippen LogP contribution in [0, 0.1) is 29.4 Å². The number of rotatable bonds is 6. The number of hydrogen-bond acceptors (Lipinski definition) is 4. The van der Waals surface area contributed by atoms with Gasteiger partial charge in [-0.05, 0) is 42.5 Å². The van der Waals surface area contributed by atoms with Gasteiger partial charge in [0.1, 0.15) is 17.4 Å². The van der Waals surface area contributed by atoms with Crippen LogP contribution in [0.1, 0.15) is 33.6 Å². The fourth-order valence-corrected chi connectivity index (χ4v) is 5.16. The third kappa shape index (κ3) is 4.22. The molecule has 4 atom stereocenters. The zero-order valence-corrected chi connectivity index (χ0v) is 18.3. The molecule has 0 aliphatic heterocycles. The summed E-state index contributed by atoms with van der Waals surface area (Å²) >= 11 is 0. The van der Waals surface area contributed by atoms with Gasteiger partial charge in [-0.15, -0.1) is 0 Å². The van der Waals surface area contributed by atoms with Gasteiger partial charge in [-0.3, -0.25) is 14.4 Å². The molecule has 2 aliphatic rings. The van der Waals surface area contributed by atoms with Gasteiger partial charge in [-0.1, -0.05) is 6.07 Å². The van der Waals surface area contributed by atoms with Crippen LogP contribution in [0.25, 0.3) is 11.1 Å². The van der Waals surface area contributed by atoms with Crippen molar-refractivity contribution in [2.75, 3.05) is 7.11 Å². The van der Waals surface area contributed by atoms with Gasteiger partial charge in [0.25, 0.3) is 17.9 Å². The van der Waals surface area contributed by atoms with E-state index < -0.39 is 64.9 Å². The molecular weight excluding hydrogens is 472 g/mol. The number of hydrogen-bond donors (Lipinski definition) is 3. The number of benzene rings is 2. The smallest absolute Gasteiger partial charge is 0.308 e. The SMILES string of the molecule is COc1cc(F)c(-c2ccc(F)c(C(N)=O)c2)cc1C(=O)N[C@H]1[C@@H](C(=O)O)[C@@H]2CC(=C(F)F)[C@H]1C2. The molecular formula is C24H20F4N2O5. The van der Waals surface area contributed by atoms with E-state index in [1.165, 1.54) is 13.2 Å². The number of halogens is 4. The van der Waals surface area contributed by atoms with Crippen LogP contribution in [0.4, 0.5) is 17.6 Å². The molecule has 0 heterocycles. The molecule has 0 unspecified atom stereocenters. The van der Waals surface area contributed by atoms with Crippen LogP contribution >= 0.6 is 0 Å². The maximum atomic E-state index is 14.8. The highest BCUT2D eigenvalue weighted by atomic mass is 19.3. The molecule has 2 fully saturated rings. The third-order valence-corrected chi connectivity index (χ3v) is 6.72. The topological polar surface area (TPSA) is 119 Å². The monoisotopic (exact) mass is 492 g/mol. The summed E-state index contributed by atoms with van der Waals surface area (Å²) < 4.78 is 60.6. The number of carboxylic acids is 1. The molecule has 184 valence electrons. The van der Waals surface area contributed by atoms with Crippen molar-refractivity contribution in [3.05, 3.63) is 64.7 Å². The Hall–Kier alpha value is -3.89. The predicted molar refractivity (Wildman–Crippen MR) is 115 cm³/mol. The highest BCUT2D eigenvalue weighted by molar-refractivity contribution is 5.99. The van der Waals surface area contributed by atoms with Crippen LogP contribution in [-0.4, -0.2) is 36.0 Å². The fourth-order valence-electron chi connectivity index (χ4n) is 5.16. The molecule has 11 heteroatoms. The van der Waals surface area contributed by atoms with E-state index in [9.17, 15) is 37.1 Å². The molecule has 0 aromatic heterocycles.